The minimum Gasteiger partial charge on any atom is -0.497 e. The highest BCUT2D eigenvalue weighted by Crippen LogP contribution is 2.24. The number of benzene rings is 1. The first kappa shape index (κ1) is 17.9. The van der Waals surface area contributed by atoms with Crippen molar-refractivity contribution in [3.8, 4) is 5.75 Å². The smallest absolute Gasteiger partial charge is 0.227 e. The Kier molecular flexibility index (Phi) is 5.32. The summed E-state index contributed by atoms with van der Waals surface area (Å²) in [6.45, 7) is 8.39. The highest BCUT2D eigenvalue weighted by atomic mass is 16.5. The minimum absolute atomic E-state index is 0.815. The molecule has 6 nitrogen and oxygen atoms in total. The van der Waals surface area contributed by atoms with Gasteiger partial charge in [-0.3, -0.25) is 0 Å². The van der Waals surface area contributed by atoms with Crippen molar-refractivity contribution < 1.29 is 4.74 Å². The van der Waals surface area contributed by atoms with Crippen LogP contribution < -0.4 is 19.4 Å². The zero-order valence-electron chi connectivity index (χ0n) is 16.3. The zero-order chi connectivity index (χ0) is 18.6. The molecular weight excluding hydrogens is 338 g/mol. The number of methoxy groups -OCH3 is 1. The first-order valence-corrected chi connectivity index (χ1v) is 9.95. The summed E-state index contributed by atoms with van der Waals surface area (Å²) >= 11 is 0. The van der Waals surface area contributed by atoms with Crippen LogP contribution >= 0.6 is 0 Å². The van der Waals surface area contributed by atoms with Gasteiger partial charge in [0, 0.05) is 51.2 Å². The Hall–Kier alpha value is -2.50. The summed E-state index contributed by atoms with van der Waals surface area (Å²) in [6, 6.07) is 10.4. The molecule has 2 aromatic rings. The van der Waals surface area contributed by atoms with E-state index in [-0.39, 0.29) is 0 Å². The number of rotatable bonds is 4. The van der Waals surface area contributed by atoms with Crippen LogP contribution in [0.15, 0.2) is 36.5 Å². The number of hydrogen-bond acceptors (Lipinski definition) is 6. The summed E-state index contributed by atoms with van der Waals surface area (Å²) in [7, 11) is 1.70. The van der Waals surface area contributed by atoms with Crippen molar-refractivity contribution in [1.29, 1.82) is 0 Å². The van der Waals surface area contributed by atoms with Crippen LogP contribution in [0.2, 0.25) is 0 Å². The molecule has 0 amide bonds. The molecule has 27 heavy (non-hydrogen) atoms. The second-order valence-electron chi connectivity index (χ2n) is 7.56. The van der Waals surface area contributed by atoms with E-state index in [2.05, 4.69) is 38.7 Å². The summed E-state index contributed by atoms with van der Waals surface area (Å²) < 4.78 is 5.25. The molecule has 0 atom stereocenters. The van der Waals surface area contributed by atoms with Crippen LogP contribution in [-0.4, -0.2) is 56.3 Å². The maximum absolute atomic E-state index is 5.25. The third-order valence-corrected chi connectivity index (χ3v) is 5.74. The molecule has 0 saturated carbocycles. The average Bonchev–Trinajstić information content (AvgIpc) is 2.75. The molecule has 3 heterocycles. The van der Waals surface area contributed by atoms with E-state index in [1.165, 1.54) is 18.5 Å². The largest absolute Gasteiger partial charge is 0.497 e. The Bertz CT molecular complexity index is 734. The van der Waals surface area contributed by atoms with Crippen LogP contribution in [0.4, 0.5) is 17.5 Å². The minimum atomic E-state index is 0.815. The van der Waals surface area contributed by atoms with Gasteiger partial charge in [-0.05, 0) is 49.1 Å². The number of nitrogens with zero attached hydrogens (tertiary/aromatic N) is 5. The van der Waals surface area contributed by atoms with Gasteiger partial charge in [-0.2, -0.15) is 4.98 Å². The topological polar surface area (TPSA) is 44.7 Å². The predicted molar refractivity (Wildman–Crippen MR) is 110 cm³/mol. The van der Waals surface area contributed by atoms with Crippen molar-refractivity contribution >= 4 is 17.5 Å². The van der Waals surface area contributed by atoms with Crippen LogP contribution in [-0.2, 0) is 0 Å². The maximum atomic E-state index is 5.25. The molecule has 0 bridgehead atoms. The van der Waals surface area contributed by atoms with Gasteiger partial charge in [-0.1, -0.05) is 6.92 Å². The number of anilines is 3. The van der Waals surface area contributed by atoms with Gasteiger partial charge in [0.2, 0.25) is 5.95 Å². The van der Waals surface area contributed by atoms with E-state index in [1.807, 2.05) is 24.4 Å². The van der Waals surface area contributed by atoms with E-state index in [0.717, 1.165) is 62.7 Å². The summed E-state index contributed by atoms with van der Waals surface area (Å²) in [5.74, 6) is 3.65. The van der Waals surface area contributed by atoms with Gasteiger partial charge >= 0.3 is 0 Å². The lowest BCUT2D eigenvalue weighted by molar-refractivity contribution is 0.415. The molecule has 2 aliphatic heterocycles. The van der Waals surface area contributed by atoms with Crippen molar-refractivity contribution in [2.75, 3.05) is 61.1 Å². The van der Waals surface area contributed by atoms with Gasteiger partial charge in [-0.15, -0.1) is 0 Å². The fourth-order valence-corrected chi connectivity index (χ4v) is 3.86. The monoisotopic (exact) mass is 367 g/mol. The molecule has 0 aliphatic carbocycles. The molecule has 1 aromatic carbocycles. The van der Waals surface area contributed by atoms with Crippen LogP contribution in [0, 0.1) is 5.92 Å². The van der Waals surface area contributed by atoms with Crippen molar-refractivity contribution in [2.24, 2.45) is 5.92 Å². The van der Waals surface area contributed by atoms with Gasteiger partial charge < -0.3 is 19.4 Å². The number of ether oxygens (including phenoxy) is 1. The Balaban J connectivity index is 1.38. The average molecular weight is 367 g/mol. The predicted octanol–water partition coefficient (Wildman–Crippen LogP) is 3.05. The molecule has 6 heteroatoms. The van der Waals surface area contributed by atoms with Gasteiger partial charge in [0.05, 0.1) is 7.11 Å². The molecule has 0 N–H and O–H groups in total. The summed E-state index contributed by atoms with van der Waals surface area (Å²) in [5.41, 5.74) is 1.25. The molecule has 4 rings (SSSR count). The molecular formula is C21H29N5O. The maximum Gasteiger partial charge on any atom is 0.227 e. The number of aromatic nitrogens is 2. The Morgan fingerprint density at radius 1 is 0.852 bits per heavy atom. The van der Waals surface area contributed by atoms with Crippen LogP contribution in [0.5, 0.6) is 5.75 Å². The number of hydrogen-bond donors (Lipinski definition) is 0. The lowest BCUT2D eigenvalue weighted by Crippen LogP contribution is -2.47. The first-order chi connectivity index (χ1) is 13.2. The Morgan fingerprint density at radius 3 is 2.19 bits per heavy atom. The lowest BCUT2D eigenvalue weighted by Gasteiger charge is -2.37. The summed E-state index contributed by atoms with van der Waals surface area (Å²) in [6.07, 6.45) is 4.37. The molecule has 0 radical (unpaired) electrons. The first-order valence-electron chi connectivity index (χ1n) is 9.95. The van der Waals surface area contributed by atoms with Crippen molar-refractivity contribution in [3.63, 3.8) is 0 Å². The highest BCUT2D eigenvalue weighted by Gasteiger charge is 2.21. The summed E-state index contributed by atoms with van der Waals surface area (Å²) in [5, 5.41) is 0. The van der Waals surface area contributed by atoms with Gasteiger partial charge in [0.25, 0.3) is 0 Å². The normalized spacial score (nSPS) is 18.7. The standard InChI is InChI=1S/C21H29N5O/c1-17-8-11-26(12-9-17)21-22-10-7-20(23-21)25-15-13-24(14-16-25)18-3-5-19(27-2)6-4-18/h3-7,10,17H,8-9,11-16H2,1-2H3. The van der Waals surface area contributed by atoms with Crippen LogP contribution in [0.3, 0.4) is 0 Å². The Morgan fingerprint density at radius 2 is 1.52 bits per heavy atom. The second kappa shape index (κ2) is 8.03. The van der Waals surface area contributed by atoms with Crippen molar-refractivity contribution in [3.05, 3.63) is 36.5 Å². The van der Waals surface area contributed by atoms with E-state index in [9.17, 15) is 0 Å². The van der Waals surface area contributed by atoms with Crippen LogP contribution in [0.1, 0.15) is 19.8 Å². The second-order valence-corrected chi connectivity index (χ2v) is 7.56. The third-order valence-electron chi connectivity index (χ3n) is 5.74. The Labute approximate surface area is 161 Å². The molecule has 2 fully saturated rings. The molecule has 0 spiro atoms. The molecule has 2 saturated heterocycles. The van der Waals surface area contributed by atoms with Crippen LogP contribution in [0.25, 0.3) is 0 Å². The van der Waals surface area contributed by atoms with E-state index in [4.69, 9.17) is 9.72 Å². The van der Waals surface area contributed by atoms with Gasteiger partial charge in [0.1, 0.15) is 11.6 Å². The molecule has 2 aliphatic rings. The van der Waals surface area contributed by atoms with E-state index in [0.29, 0.717) is 0 Å². The van der Waals surface area contributed by atoms with Crippen molar-refractivity contribution in [1.82, 2.24) is 9.97 Å². The molecule has 144 valence electrons. The molecule has 1 aromatic heterocycles. The number of piperazine rings is 1. The van der Waals surface area contributed by atoms with E-state index >= 15 is 0 Å². The number of piperidine rings is 1. The third kappa shape index (κ3) is 4.10. The fourth-order valence-electron chi connectivity index (χ4n) is 3.86. The zero-order valence-corrected chi connectivity index (χ0v) is 16.3. The highest BCUT2D eigenvalue weighted by molar-refractivity contribution is 5.52. The van der Waals surface area contributed by atoms with Crippen molar-refractivity contribution in [2.45, 2.75) is 19.8 Å². The van der Waals surface area contributed by atoms with E-state index in [1.54, 1.807) is 7.11 Å². The van der Waals surface area contributed by atoms with Gasteiger partial charge in [0.15, 0.2) is 0 Å². The summed E-state index contributed by atoms with van der Waals surface area (Å²) in [4.78, 5) is 16.5. The van der Waals surface area contributed by atoms with Gasteiger partial charge in [-0.25, -0.2) is 4.98 Å². The lowest BCUT2D eigenvalue weighted by atomic mass is 10.00. The van der Waals surface area contributed by atoms with E-state index < -0.39 is 0 Å². The fraction of sp³-hybridized carbons (Fsp3) is 0.524. The molecule has 0 unspecified atom stereocenters. The quantitative estimate of drug-likeness (QED) is 0.828. The SMILES string of the molecule is COc1ccc(N2CCN(c3ccnc(N4CCC(C)CC4)n3)CC2)cc1.